The van der Waals surface area contributed by atoms with Crippen LogP contribution in [0.4, 0.5) is 5.69 Å². The molecule has 0 aliphatic rings. The van der Waals surface area contributed by atoms with Gasteiger partial charge in [-0.25, -0.2) is 4.52 Å². The fourth-order valence-electron chi connectivity index (χ4n) is 2.72. The largest absolute Gasteiger partial charge is 0.489 e. The molecule has 2 heterocycles. The second-order valence-corrected chi connectivity index (χ2v) is 6.37. The Balaban J connectivity index is 1.56. The zero-order chi connectivity index (χ0) is 18.6. The third kappa shape index (κ3) is 3.78. The van der Waals surface area contributed by atoms with E-state index in [1.165, 1.54) is 6.20 Å². The molecule has 2 aromatic heterocycles. The van der Waals surface area contributed by atoms with Crippen molar-refractivity contribution < 1.29 is 9.53 Å². The predicted molar refractivity (Wildman–Crippen MR) is 105 cm³/mol. The molecular formula is C21H16ClN3O2. The Morgan fingerprint density at radius 1 is 1.07 bits per heavy atom. The van der Waals surface area contributed by atoms with Crippen molar-refractivity contribution in [3.63, 3.8) is 0 Å². The molecular weight excluding hydrogens is 362 g/mol. The lowest BCUT2D eigenvalue weighted by molar-refractivity contribution is 0.102. The highest BCUT2D eigenvalue weighted by atomic mass is 35.5. The molecule has 4 rings (SSSR count). The molecule has 0 aliphatic carbocycles. The van der Waals surface area contributed by atoms with Gasteiger partial charge in [-0.1, -0.05) is 54.1 Å². The average molecular weight is 378 g/mol. The molecule has 4 aromatic rings. The summed E-state index contributed by atoms with van der Waals surface area (Å²) >= 11 is 6.12. The van der Waals surface area contributed by atoms with E-state index in [1.807, 2.05) is 48.5 Å². The van der Waals surface area contributed by atoms with Crippen molar-refractivity contribution in [1.29, 1.82) is 0 Å². The molecule has 27 heavy (non-hydrogen) atoms. The monoisotopic (exact) mass is 377 g/mol. The van der Waals surface area contributed by atoms with Gasteiger partial charge in [0.05, 0.1) is 28.0 Å². The van der Waals surface area contributed by atoms with E-state index >= 15 is 0 Å². The van der Waals surface area contributed by atoms with Gasteiger partial charge in [0.1, 0.15) is 12.4 Å². The van der Waals surface area contributed by atoms with E-state index in [1.54, 1.807) is 28.9 Å². The van der Waals surface area contributed by atoms with Gasteiger partial charge in [0.25, 0.3) is 5.91 Å². The summed E-state index contributed by atoms with van der Waals surface area (Å²) in [6, 6.07) is 20.6. The number of ether oxygens (including phenoxy) is 1. The fraction of sp³-hybridized carbons (Fsp3) is 0.0476. The van der Waals surface area contributed by atoms with Gasteiger partial charge in [0.2, 0.25) is 0 Å². The summed E-state index contributed by atoms with van der Waals surface area (Å²) < 4.78 is 7.48. The smallest absolute Gasteiger partial charge is 0.259 e. The van der Waals surface area contributed by atoms with E-state index in [2.05, 4.69) is 10.4 Å². The maximum absolute atomic E-state index is 12.7. The van der Waals surface area contributed by atoms with Crippen LogP contribution in [0.15, 0.2) is 79.1 Å². The number of para-hydroxylation sites is 1. The van der Waals surface area contributed by atoms with Crippen molar-refractivity contribution in [2.24, 2.45) is 0 Å². The molecule has 0 saturated heterocycles. The molecule has 0 atom stereocenters. The SMILES string of the molecule is O=C(Nc1ccccc1Cl)c1cnn2ccc(OCc3ccccc3)cc12. The Morgan fingerprint density at radius 2 is 1.85 bits per heavy atom. The van der Waals surface area contributed by atoms with E-state index in [4.69, 9.17) is 16.3 Å². The summed E-state index contributed by atoms with van der Waals surface area (Å²) in [4.78, 5) is 12.7. The third-order valence-electron chi connectivity index (χ3n) is 4.11. The predicted octanol–water partition coefficient (Wildman–Crippen LogP) is 4.82. The Labute approximate surface area is 161 Å². The second-order valence-electron chi connectivity index (χ2n) is 5.96. The van der Waals surface area contributed by atoms with Crippen molar-refractivity contribution in [3.8, 4) is 5.75 Å². The number of anilines is 1. The van der Waals surface area contributed by atoms with Crippen molar-refractivity contribution in [3.05, 3.63) is 95.3 Å². The molecule has 2 aromatic carbocycles. The lowest BCUT2D eigenvalue weighted by Crippen LogP contribution is -2.12. The van der Waals surface area contributed by atoms with Gasteiger partial charge in [-0.15, -0.1) is 0 Å². The highest BCUT2D eigenvalue weighted by molar-refractivity contribution is 6.34. The van der Waals surface area contributed by atoms with Gasteiger partial charge < -0.3 is 10.1 Å². The van der Waals surface area contributed by atoms with E-state index in [9.17, 15) is 4.79 Å². The van der Waals surface area contributed by atoms with Crippen LogP contribution in [0.2, 0.25) is 5.02 Å². The number of carbonyl (C=O) groups is 1. The quantitative estimate of drug-likeness (QED) is 0.542. The minimum Gasteiger partial charge on any atom is -0.489 e. The zero-order valence-electron chi connectivity index (χ0n) is 14.3. The first-order chi connectivity index (χ1) is 13.2. The minimum absolute atomic E-state index is 0.279. The molecule has 0 radical (unpaired) electrons. The summed E-state index contributed by atoms with van der Waals surface area (Å²) in [7, 11) is 0. The second kappa shape index (κ2) is 7.51. The number of carbonyl (C=O) groups excluding carboxylic acids is 1. The van der Waals surface area contributed by atoms with Gasteiger partial charge in [0, 0.05) is 12.3 Å². The van der Waals surface area contributed by atoms with Gasteiger partial charge in [-0.2, -0.15) is 5.10 Å². The van der Waals surface area contributed by atoms with Crippen LogP contribution in [0.25, 0.3) is 5.52 Å². The van der Waals surface area contributed by atoms with Crippen LogP contribution in [0.1, 0.15) is 15.9 Å². The van der Waals surface area contributed by atoms with Gasteiger partial charge >= 0.3 is 0 Å². The first-order valence-electron chi connectivity index (χ1n) is 8.41. The van der Waals surface area contributed by atoms with Crippen molar-refractivity contribution in [2.45, 2.75) is 6.61 Å². The van der Waals surface area contributed by atoms with E-state index < -0.39 is 0 Å². The number of benzene rings is 2. The first-order valence-corrected chi connectivity index (χ1v) is 8.78. The number of hydrogen-bond donors (Lipinski definition) is 1. The molecule has 6 heteroatoms. The lowest BCUT2D eigenvalue weighted by Gasteiger charge is -2.08. The molecule has 1 N–H and O–H groups in total. The molecule has 0 spiro atoms. The molecule has 0 fully saturated rings. The summed E-state index contributed by atoms with van der Waals surface area (Å²) in [5.41, 5.74) is 2.73. The maximum Gasteiger partial charge on any atom is 0.259 e. The van der Waals surface area contributed by atoms with Gasteiger partial charge in [-0.3, -0.25) is 4.79 Å². The molecule has 0 bridgehead atoms. The highest BCUT2D eigenvalue weighted by Gasteiger charge is 2.15. The van der Waals surface area contributed by atoms with Crippen LogP contribution in [0.3, 0.4) is 0 Å². The molecule has 5 nitrogen and oxygen atoms in total. The summed E-state index contributed by atoms with van der Waals surface area (Å²) in [5, 5.41) is 7.53. The number of rotatable bonds is 5. The van der Waals surface area contributed by atoms with Gasteiger partial charge in [-0.05, 0) is 23.8 Å². The zero-order valence-corrected chi connectivity index (χ0v) is 15.1. The van der Waals surface area contributed by atoms with E-state index in [-0.39, 0.29) is 5.91 Å². The number of pyridine rings is 1. The number of halogens is 1. The molecule has 0 aliphatic heterocycles. The summed E-state index contributed by atoms with van der Waals surface area (Å²) in [6.45, 7) is 0.451. The van der Waals surface area contributed by atoms with Crippen LogP contribution in [-0.4, -0.2) is 15.5 Å². The van der Waals surface area contributed by atoms with E-state index in [0.29, 0.717) is 34.1 Å². The number of nitrogens with zero attached hydrogens (tertiary/aromatic N) is 2. The normalized spacial score (nSPS) is 10.7. The number of hydrogen-bond acceptors (Lipinski definition) is 3. The Kier molecular flexibility index (Phi) is 4.77. The number of nitrogens with one attached hydrogen (secondary N) is 1. The summed E-state index contributed by atoms with van der Waals surface area (Å²) in [5.74, 6) is 0.386. The Hall–Kier alpha value is -3.31. The number of amides is 1. The minimum atomic E-state index is -0.279. The standard InChI is InChI=1S/C21H16ClN3O2/c22-18-8-4-5-9-19(18)24-21(26)17-13-23-25-11-10-16(12-20(17)25)27-14-15-6-2-1-3-7-15/h1-13H,14H2,(H,24,26). The van der Waals surface area contributed by atoms with Crippen LogP contribution >= 0.6 is 11.6 Å². The highest BCUT2D eigenvalue weighted by Crippen LogP contribution is 2.23. The van der Waals surface area contributed by atoms with Crippen molar-refractivity contribution in [2.75, 3.05) is 5.32 Å². The maximum atomic E-state index is 12.7. The topological polar surface area (TPSA) is 55.6 Å². The Morgan fingerprint density at radius 3 is 2.67 bits per heavy atom. The molecule has 1 amide bonds. The Bertz CT molecular complexity index is 1090. The number of aromatic nitrogens is 2. The lowest BCUT2D eigenvalue weighted by atomic mass is 10.2. The van der Waals surface area contributed by atoms with Crippen molar-refractivity contribution in [1.82, 2.24) is 9.61 Å². The first kappa shape index (κ1) is 17.1. The summed E-state index contributed by atoms with van der Waals surface area (Å²) in [6.07, 6.45) is 3.30. The van der Waals surface area contributed by atoms with Gasteiger partial charge in [0.15, 0.2) is 0 Å². The van der Waals surface area contributed by atoms with Crippen LogP contribution in [0.5, 0.6) is 5.75 Å². The molecule has 0 unspecified atom stereocenters. The van der Waals surface area contributed by atoms with Crippen LogP contribution in [-0.2, 0) is 6.61 Å². The fourth-order valence-corrected chi connectivity index (χ4v) is 2.90. The molecule has 0 saturated carbocycles. The third-order valence-corrected chi connectivity index (χ3v) is 4.44. The van der Waals surface area contributed by atoms with Crippen molar-refractivity contribution >= 4 is 28.7 Å². The number of fused-ring (bicyclic) bond motifs is 1. The van der Waals surface area contributed by atoms with Crippen LogP contribution in [0, 0.1) is 0 Å². The van der Waals surface area contributed by atoms with Crippen LogP contribution < -0.4 is 10.1 Å². The molecule has 134 valence electrons. The average Bonchev–Trinajstić information content (AvgIpc) is 3.12. The van der Waals surface area contributed by atoms with E-state index in [0.717, 1.165) is 5.56 Å².